The Bertz CT molecular complexity index is 1390. The largest absolute Gasteiger partial charge is 0.489 e. The van der Waals surface area contributed by atoms with E-state index in [1.54, 1.807) is 29.2 Å². The van der Waals surface area contributed by atoms with Gasteiger partial charge in [0.2, 0.25) is 0 Å². The molecular formula is C28H24Cl2N2O3. The Balaban J connectivity index is 1.52. The molecule has 0 fully saturated rings. The van der Waals surface area contributed by atoms with Crippen LogP contribution >= 0.6 is 23.2 Å². The number of benzene rings is 3. The molecule has 0 bridgehead atoms. The third kappa shape index (κ3) is 4.88. The molecule has 1 N–H and O–H groups in total. The van der Waals surface area contributed by atoms with Gasteiger partial charge in [-0.15, -0.1) is 0 Å². The molecule has 0 radical (unpaired) electrons. The number of nitrogens with one attached hydrogen (secondary N) is 1. The van der Waals surface area contributed by atoms with Crippen molar-refractivity contribution in [2.45, 2.75) is 19.4 Å². The topological polar surface area (TPSA) is 54.6 Å². The second-order valence-electron chi connectivity index (χ2n) is 8.69. The molecule has 1 aliphatic heterocycles. The fraction of sp³-hybridized carbons (Fsp3) is 0.179. The van der Waals surface area contributed by atoms with Crippen LogP contribution in [0.25, 0.3) is 10.9 Å². The summed E-state index contributed by atoms with van der Waals surface area (Å²) in [5, 5.41) is 2.33. The van der Waals surface area contributed by atoms with Crippen LogP contribution in [0, 0.1) is 0 Å². The quantitative estimate of drug-likeness (QED) is 0.284. The van der Waals surface area contributed by atoms with Crippen LogP contribution in [-0.2, 0) is 6.42 Å². The number of carbonyl (C=O) groups is 1. The third-order valence-corrected chi connectivity index (χ3v) is 6.51. The minimum Gasteiger partial charge on any atom is -0.489 e. The molecule has 4 aromatic rings. The number of ether oxygens (including phenoxy) is 2. The number of fused-ring (bicyclic) bond motifs is 3. The molecule has 1 aliphatic rings. The van der Waals surface area contributed by atoms with E-state index < -0.39 is 6.09 Å². The third-order valence-electron chi connectivity index (χ3n) is 6.02. The molecule has 0 saturated heterocycles. The number of amides is 1. The normalized spacial score (nSPS) is 15.1. The van der Waals surface area contributed by atoms with Crippen LogP contribution in [-0.4, -0.2) is 29.1 Å². The first-order valence-corrected chi connectivity index (χ1v) is 12.1. The summed E-state index contributed by atoms with van der Waals surface area (Å²) in [6.07, 6.45) is 0.254. The summed E-state index contributed by atoms with van der Waals surface area (Å²) in [6.45, 7) is 6.75. The Hall–Kier alpha value is -3.41. The first kappa shape index (κ1) is 23.3. The molecule has 5 nitrogen and oxygen atoms in total. The SMILES string of the molecule is C=C(C)COc1ccc([C@H]2c3[nH]c4ccc(Cl)cc4c3CCN2C(=O)Oc2ccc(Cl)cc2)cc1. The van der Waals surface area contributed by atoms with Crippen molar-refractivity contribution < 1.29 is 14.3 Å². The van der Waals surface area contributed by atoms with Crippen LogP contribution in [0.5, 0.6) is 11.5 Å². The van der Waals surface area contributed by atoms with E-state index in [9.17, 15) is 4.79 Å². The molecule has 0 unspecified atom stereocenters. The average molecular weight is 507 g/mol. The Labute approximate surface area is 213 Å². The highest BCUT2D eigenvalue weighted by molar-refractivity contribution is 6.31. The van der Waals surface area contributed by atoms with Crippen LogP contribution in [0.1, 0.15) is 29.8 Å². The monoisotopic (exact) mass is 506 g/mol. The molecule has 1 amide bonds. The van der Waals surface area contributed by atoms with Gasteiger partial charge in [-0.3, -0.25) is 4.90 Å². The summed E-state index contributed by atoms with van der Waals surface area (Å²) in [5.41, 5.74) is 4.99. The zero-order valence-electron chi connectivity index (χ0n) is 19.2. The molecule has 0 aliphatic carbocycles. The van der Waals surface area contributed by atoms with E-state index in [-0.39, 0.29) is 6.04 Å². The van der Waals surface area contributed by atoms with E-state index in [0.717, 1.165) is 39.0 Å². The van der Waals surface area contributed by atoms with E-state index >= 15 is 0 Å². The van der Waals surface area contributed by atoms with E-state index in [1.807, 2.05) is 49.4 Å². The molecule has 2 heterocycles. The van der Waals surface area contributed by atoms with Crippen molar-refractivity contribution in [3.8, 4) is 11.5 Å². The number of nitrogens with zero attached hydrogens (tertiary/aromatic N) is 1. The second kappa shape index (κ2) is 9.68. The number of carbonyl (C=O) groups excluding carboxylic acids is 1. The Morgan fingerprint density at radius 2 is 1.71 bits per heavy atom. The maximum Gasteiger partial charge on any atom is 0.416 e. The summed E-state index contributed by atoms with van der Waals surface area (Å²) in [7, 11) is 0. The molecule has 178 valence electrons. The Morgan fingerprint density at radius 3 is 2.43 bits per heavy atom. The number of hydrogen-bond donors (Lipinski definition) is 1. The lowest BCUT2D eigenvalue weighted by Crippen LogP contribution is -2.42. The molecular weight excluding hydrogens is 483 g/mol. The van der Waals surface area contributed by atoms with Gasteiger partial charge >= 0.3 is 6.09 Å². The minimum atomic E-state index is -0.428. The maximum absolute atomic E-state index is 13.4. The number of aromatic amines is 1. The minimum absolute atomic E-state index is 0.361. The van der Waals surface area contributed by atoms with E-state index in [4.69, 9.17) is 32.7 Å². The molecule has 5 rings (SSSR count). The number of aromatic nitrogens is 1. The summed E-state index contributed by atoms with van der Waals surface area (Å²) < 4.78 is 11.5. The van der Waals surface area contributed by atoms with Gasteiger partial charge in [0, 0.05) is 33.2 Å². The van der Waals surface area contributed by atoms with Crippen LogP contribution in [0.4, 0.5) is 4.79 Å². The predicted molar refractivity (Wildman–Crippen MR) is 140 cm³/mol. The van der Waals surface area contributed by atoms with Crippen LogP contribution in [0.15, 0.2) is 78.9 Å². The predicted octanol–water partition coefficient (Wildman–Crippen LogP) is 7.58. The first-order chi connectivity index (χ1) is 16.9. The number of H-pyrrole nitrogens is 1. The van der Waals surface area contributed by atoms with E-state index in [1.165, 1.54) is 0 Å². The van der Waals surface area contributed by atoms with Crippen molar-refractivity contribution in [3.05, 3.63) is 106 Å². The molecule has 7 heteroatoms. The average Bonchev–Trinajstić information content (AvgIpc) is 3.21. The molecule has 1 aromatic heterocycles. The van der Waals surface area contributed by atoms with Gasteiger partial charge in [0.25, 0.3) is 0 Å². The smallest absolute Gasteiger partial charge is 0.416 e. The van der Waals surface area contributed by atoms with Crippen molar-refractivity contribution >= 4 is 40.2 Å². The van der Waals surface area contributed by atoms with Crippen LogP contribution < -0.4 is 9.47 Å². The molecule has 0 spiro atoms. The van der Waals surface area contributed by atoms with Gasteiger partial charge in [0.15, 0.2) is 0 Å². The standard InChI is InChI=1S/C28H24Cl2N2O3/c1-17(2)16-34-21-8-3-18(4-9-21)27-26-23(24-15-20(30)7-12-25(24)31-26)13-14-32(27)28(33)35-22-10-5-19(29)6-11-22/h3-12,15,27,31H,1,13-14,16H2,2H3/t27-/m0/s1. The summed E-state index contributed by atoms with van der Waals surface area (Å²) in [4.78, 5) is 18.6. The zero-order valence-corrected chi connectivity index (χ0v) is 20.7. The molecule has 3 aromatic carbocycles. The van der Waals surface area contributed by atoms with E-state index in [0.29, 0.717) is 35.4 Å². The van der Waals surface area contributed by atoms with Gasteiger partial charge in [0.05, 0.1) is 0 Å². The zero-order chi connectivity index (χ0) is 24.5. The lowest BCUT2D eigenvalue weighted by atomic mass is 9.92. The van der Waals surface area contributed by atoms with Crippen molar-refractivity contribution in [2.75, 3.05) is 13.2 Å². The van der Waals surface area contributed by atoms with E-state index in [2.05, 4.69) is 11.6 Å². The Morgan fingerprint density at radius 1 is 1.03 bits per heavy atom. The molecule has 35 heavy (non-hydrogen) atoms. The highest BCUT2D eigenvalue weighted by Crippen LogP contribution is 2.40. The maximum atomic E-state index is 13.4. The van der Waals surface area contributed by atoms with Crippen LogP contribution in [0.3, 0.4) is 0 Å². The lowest BCUT2D eigenvalue weighted by molar-refractivity contribution is 0.135. The number of halogens is 2. The highest BCUT2D eigenvalue weighted by Gasteiger charge is 2.35. The van der Waals surface area contributed by atoms with Gasteiger partial charge < -0.3 is 14.5 Å². The van der Waals surface area contributed by atoms with Gasteiger partial charge in [-0.1, -0.05) is 41.9 Å². The first-order valence-electron chi connectivity index (χ1n) is 11.3. The number of rotatable bonds is 5. The lowest BCUT2D eigenvalue weighted by Gasteiger charge is -2.35. The fourth-order valence-corrected chi connectivity index (χ4v) is 4.72. The summed E-state index contributed by atoms with van der Waals surface area (Å²) in [5.74, 6) is 1.18. The van der Waals surface area contributed by atoms with Crippen molar-refractivity contribution in [1.29, 1.82) is 0 Å². The van der Waals surface area contributed by atoms with Crippen molar-refractivity contribution in [3.63, 3.8) is 0 Å². The molecule has 0 saturated carbocycles. The Kier molecular flexibility index (Phi) is 6.46. The van der Waals surface area contributed by atoms with Crippen molar-refractivity contribution in [1.82, 2.24) is 9.88 Å². The number of hydrogen-bond acceptors (Lipinski definition) is 3. The molecule has 1 atom stereocenters. The van der Waals surface area contributed by atoms with Gasteiger partial charge in [0.1, 0.15) is 24.1 Å². The fourth-order valence-electron chi connectivity index (χ4n) is 4.42. The van der Waals surface area contributed by atoms with Gasteiger partial charge in [-0.05, 0) is 84.6 Å². The van der Waals surface area contributed by atoms with Gasteiger partial charge in [-0.2, -0.15) is 0 Å². The summed E-state index contributed by atoms with van der Waals surface area (Å²) >= 11 is 12.3. The van der Waals surface area contributed by atoms with Crippen molar-refractivity contribution in [2.24, 2.45) is 0 Å². The van der Waals surface area contributed by atoms with Crippen LogP contribution in [0.2, 0.25) is 10.0 Å². The summed E-state index contributed by atoms with van der Waals surface area (Å²) in [6, 6.07) is 20.0. The highest BCUT2D eigenvalue weighted by atomic mass is 35.5. The second-order valence-corrected chi connectivity index (χ2v) is 9.56. The van der Waals surface area contributed by atoms with Gasteiger partial charge in [-0.25, -0.2) is 4.79 Å².